The molecule has 1 aliphatic rings. The third-order valence-corrected chi connectivity index (χ3v) is 2.54. The van der Waals surface area contributed by atoms with Crippen LogP contribution in [0.3, 0.4) is 0 Å². The van der Waals surface area contributed by atoms with Crippen molar-refractivity contribution < 1.29 is 4.79 Å². The first kappa shape index (κ1) is 10.9. The van der Waals surface area contributed by atoms with E-state index in [9.17, 15) is 9.59 Å². The third-order valence-electron chi connectivity index (χ3n) is 2.54. The Kier molecular flexibility index (Phi) is 2.77. The Balaban J connectivity index is 2.47. The molecule has 0 radical (unpaired) electrons. The van der Waals surface area contributed by atoms with Crippen molar-refractivity contribution in [3.63, 3.8) is 0 Å². The zero-order valence-corrected chi connectivity index (χ0v) is 9.46. The molecule has 0 unspecified atom stereocenters. The summed E-state index contributed by atoms with van der Waals surface area (Å²) >= 11 is 0. The van der Waals surface area contributed by atoms with E-state index >= 15 is 0 Å². The van der Waals surface area contributed by atoms with Crippen molar-refractivity contribution in [1.82, 2.24) is 15.3 Å². The Morgan fingerprint density at radius 3 is 2.81 bits per heavy atom. The van der Waals surface area contributed by atoms with E-state index in [1.54, 1.807) is 0 Å². The molecule has 86 valence electrons. The molecule has 0 fully saturated rings. The number of fused-ring (bicyclic) bond motifs is 1. The highest BCUT2D eigenvalue weighted by molar-refractivity contribution is 5.94. The quantitative estimate of drug-likeness (QED) is 0.752. The number of nitrogens with one attached hydrogen (secondary N) is 2. The number of aromatic amines is 1. The van der Waals surface area contributed by atoms with Gasteiger partial charge in [-0.3, -0.25) is 9.59 Å². The van der Waals surface area contributed by atoms with Crippen molar-refractivity contribution >= 4 is 5.91 Å². The van der Waals surface area contributed by atoms with Gasteiger partial charge < -0.3 is 10.3 Å². The van der Waals surface area contributed by atoms with Crippen LogP contribution in [0.1, 0.15) is 35.7 Å². The van der Waals surface area contributed by atoms with Crippen molar-refractivity contribution in [2.24, 2.45) is 5.92 Å². The maximum Gasteiger partial charge on any atom is 0.270 e. The molecule has 1 aromatic rings. The van der Waals surface area contributed by atoms with Gasteiger partial charge in [0.1, 0.15) is 11.5 Å². The second-order valence-corrected chi connectivity index (χ2v) is 4.44. The molecule has 16 heavy (non-hydrogen) atoms. The second-order valence-electron chi connectivity index (χ2n) is 4.44. The third kappa shape index (κ3) is 1.98. The van der Waals surface area contributed by atoms with Gasteiger partial charge in [-0.25, -0.2) is 4.98 Å². The van der Waals surface area contributed by atoms with Gasteiger partial charge in [-0.2, -0.15) is 0 Å². The van der Waals surface area contributed by atoms with Crippen LogP contribution in [0.2, 0.25) is 0 Å². The molecule has 2 heterocycles. The van der Waals surface area contributed by atoms with Crippen molar-refractivity contribution in [1.29, 1.82) is 0 Å². The summed E-state index contributed by atoms with van der Waals surface area (Å²) < 4.78 is 0. The normalized spacial score (nSPS) is 14.8. The molecule has 0 saturated heterocycles. The minimum Gasteiger partial charge on any atom is -0.350 e. The molecule has 0 atom stereocenters. The predicted octanol–water partition coefficient (Wildman–Crippen LogP) is 0.254. The Hall–Kier alpha value is -1.65. The SMILES string of the molecule is CC(C)Cc1nc2c(c(=O)[nH]1)CCNC2=O. The summed E-state index contributed by atoms with van der Waals surface area (Å²) in [5.41, 5.74) is 0.636. The molecule has 1 amide bonds. The molecule has 1 aromatic heterocycles. The molecule has 1 aliphatic heterocycles. The molecular weight excluding hydrogens is 206 g/mol. The largest absolute Gasteiger partial charge is 0.350 e. The molecule has 5 nitrogen and oxygen atoms in total. The summed E-state index contributed by atoms with van der Waals surface area (Å²) in [5, 5.41) is 2.69. The Morgan fingerprint density at radius 2 is 2.12 bits per heavy atom. The van der Waals surface area contributed by atoms with E-state index in [1.807, 2.05) is 13.8 Å². The van der Waals surface area contributed by atoms with E-state index in [4.69, 9.17) is 0 Å². The molecule has 2 N–H and O–H groups in total. The van der Waals surface area contributed by atoms with Crippen molar-refractivity contribution in [3.8, 4) is 0 Å². The van der Waals surface area contributed by atoms with Gasteiger partial charge in [0.25, 0.3) is 11.5 Å². The first-order valence-corrected chi connectivity index (χ1v) is 5.48. The predicted molar refractivity (Wildman–Crippen MR) is 59.4 cm³/mol. The maximum absolute atomic E-state index is 11.7. The number of aromatic nitrogens is 2. The summed E-state index contributed by atoms with van der Waals surface area (Å²) in [4.78, 5) is 30.3. The highest BCUT2D eigenvalue weighted by atomic mass is 16.2. The fourth-order valence-electron chi connectivity index (χ4n) is 1.83. The number of carbonyl (C=O) groups is 1. The number of hydrogen-bond acceptors (Lipinski definition) is 3. The average Bonchev–Trinajstić information content (AvgIpc) is 2.19. The van der Waals surface area contributed by atoms with Gasteiger partial charge in [-0.05, 0) is 12.3 Å². The van der Waals surface area contributed by atoms with Gasteiger partial charge in [0.15, 0.2) is 0 Å². The van der Waals surface area contributed by atoms with Crippen LogP contribution in [0.15, 0.2) is 4.79 Å². The van der Waals surface area contributed by atoms with Crippen LogP contribution in [0, 0.1) is 5.92 Å². The number of amides is 1. The summed E-state index contributed by atoms with van der Waals surface area (Å²) in [7, 11) is 0. The molecular formula is C11H15N3O2. The number of carbonyl (C=O) groups excluding carboxylic acids is 1. The zero-order chi connectivity index (χ0) is 11.7. The van der Waals surface area contributed by atoms with Crippen molar-refractivity contribution in [3.05, 3.63) is 27.4 Å². The average molecular weight is 221 g/mol. The topological polar surface area (TPSA) is 74.8 Å². The molecule has 0 saturated carbocycles. The molecule has 2 rings (SSSR count). The van der Waals surface area contributed by atoms with Crippen LogP contribution in [0.5, 0.6) is 0 Å². The van der Waals surface area contributed by atoms with Crippen LogP contribution in [0.4, 0.5) is 0 Å². The molecule has 0 spiro atoms. The standard InChI is InChI=1S/C11H15N3O2/c1-6(2)5-8-13-9-7(10(15)14-8)3-4-12-11(9)16/h6H,3-5H2,1-2H3,(H,12,16)(H,13,14,15). The van der Waals surface area contributed by atoms with E-state index in [-0.39, 0.29) is 11.5 Å². The molecule has 0 aromatic carbocycles. The van der Waals surface area contributed by atoms with Gasteiger partial charge in [0.05, 0.1) is 5.56 Å². The van der Waals surface area contributed by atoms with E-state index in [1.165, 1.54) is 0 Å². The van der Waals surface area contributed by atoms with E-state index < -0.39 is 0 Å². The van der Waals surface area contributed by atoms with Gasteiger partial charge in [-0.1, -0.05) is 13.8 Å². The lowest BCUT2D eigenvalue weighted by molar-refractivity contribution is 0.0939. The van der Waals surface area contributed by atoms with Crippen LogP contribution in [0.25, 0.3) is 0 Å². The summed E-state index contributed by atoms with van der Waals surface area (Å²) in [6.45, 7) is 4.60. The van der Waals surface area contributed by atoms with E-state index in [0.717, 1.165) is 0 Å². The summed E-state index contributed by atoms with van der Waals surface area (Å²) in [6.07, 6.45) is 1.24. The van der Waals surface area contributed by atoms with Crippen LogP contribution >= 0.6 is 0 Å². The minimum absolute atomic E-state index is 0.171. The molecule has 5 heteroatoms. The molecule has 0 aliphatic carbocycles. The number of rotatable bonds is 2. The van der Waals surface area contributed by atoms with Gasteiger partial charge in [0.2, 0.25) is 0 Å². The lowest BCUT2D eigenvalue weighted by Gasteiger charge is -2.15. The fraction of sp³-hybridized carbons (Fsp3) is 0.545. The van der Waals surface area contributed by atoms with E-state index in [2.05, 4.69) is 15.3 Å². The lowest BCUT2D eigenvalue weighted by Crippen LogP contribution is -2.37. The monoisotopic (exact) mass is 221 g/mol. The Morgan fingerprint density at radius 1 is 1.38 bits per heavy atom. The lowest BCUT2D eigenvalue weighted by atomic mass is 10.1. The summed E-state index contributed by atoms with van der Waals surface area (Å²) in [5.74, 6) is 0.751. The number of H-pyrrole nitrogens is 1. The highest BCUT2D eigenvalue weighted by Gasteiger charge is 2.22. The molecule has 0 bridgehead atoms. The summed E-state index contributed by atoms with van der Waals surface area (Å²) in [6, 6.07) is 0. The maximum atomic E-state index is 11.7. The second kappa shape index (κ2) is 4.08. The van der Waals surface area contributed by atoms with Crippen LogP contribution < -0.4 is 10.9 Å². The van der Waals surface area contributed by atoms with Crippen LogP contribution in [-0.2, 0) is 12.8 Å². The van der Waals surface area contributed by atoms with Gasteiger partial charge in [-0.15, -0.1) is 0 Å². The van der Waals surface area contributed by atoms with Crippen molar-refractivity contribution in [2.45, 2.75) is 26.7 Å². The van der Waals surface area contributed by atoms with Crippen LogP contribution in [-0.4, -0.2) is 22.4 Å². The van der Waals surface area contributed by atoms with Gasteiger partial charge in [0, 0.05) is 13.0 Å². The van der Waals surface area contributed by atoms with E-state index in [0.29, 0.717) is 42.4 Å². The Bertz CT molecular complexity index is 477. The zero-order valence-electron chi connectivity index (χ0n) is 9.46. The smallest absolute Gasteiger partial charge is 0.270 e. The number of hydrogen-bond donors (Lipinski definition) is 2. The van der Waals surface area contributed by atoms with Gasteiger partial charge >= 0.3 is 0 Å². The minimum atomic E-state index is -0.239. The number of nitrogens with zero attached hydrogens (tertiary/aromatic N) is 1. The fourth-order valence-corrected chi connectivity index (χ4v) is 1.83. The highest BCUT2D eigenvalue weighted by Crippen LogP contribution is 2.08. The van der Waals surface area contributed by atoms with Crippen molar-refractivity contribution in [2.75, 3.05) is 6.54 Å². The first-order valence-electron chi connectivity index (χ1n) is 5.48. The first-order chi connectivity index (χ1) is 7.58. The Labute approximate surface area is 93.3 Å².